The predicted octanol–water partition coefficient (Wildman–Crippen LogP) is 2.77. The number of pyridine rings is 1. The zero-order valence-electron chi connectivity index (χ0n) is 10.3. The minimum Gasteiger partial charge on any atom is -0.267 e. The van der Waals surface area contributed by atoms with Gasteiger partial charge in [0, 0.05) is 16.7 Å². The summed E-state index contributed by atoms with van der Waals surface area (Å²) in [6.07, 6.45) is 1.74. The fraction of sp³-hybridized carbons (Fsp3) is 0.364. The number of nitrogens with one attached hydrogen (secondary N) is 1. The molecule has 1 N–H and O–H groups in total. The number of nitrogens with zero attached hydrogens (tertiary/aromatic N) is 3. The van der Waals surface area contributed by atoms with Gasteiger partial charge < -0.3 is 0 Å². The highest BCUT2D eigenvalue weighted by molar-refractivity contribution is 9.10. The Bertz CT molecular complexity index is 620. The molecule has 0 amide bonds. The van der Waals surface area contributed by atoms with Gasteiger partial charge in [0.05, 0.1) is 0 Å². The van der Waals surface area contributed by atoms with Gasteiger partial charge in [-0.1, -0.05) is 0 Å². The first-order valence-electron chi connectivity index (χ1n) is 5.46. The summed E-state index contributed by atoms with van der Waals surface area (Å²) in [7, 11) is 0. The van der Waals surface area contributed by atoms with Crippen LogP contribution in [-0.4, -0.2) is 19.7 Å². The second-order valence-corrected chi connectivity index (χ2v) is 6.02. The highest BCUT2D eigenvalue weighted by atomic mass is 79.9. The molecule has 0 spiro atoms. The van der Waals surface area contributed by atoms with Gasteiger partial charge in [-0.25, -0.2) is 14.9 Å². The van der Waals surface area contributed by atoms with E-state index < -0.39 is 0 Å². The van der Waals surface area contributed by atoms with Crippen LogP contribution in [0.25, 0.3) is 0 Å². The van der Waals surface area contributed by atoms with Crippen LogP contribution >= 0.6 is 27.7 Å². The average molecular weight is 329 g/mol. The van der Waals surface area contributed by atoms with Crippen molar-refractivity contribution in [1.29, 1.82) is 0 Å². The van der Waals surface area contributed by atoms with Crippen molar-refractivity contribution in [2.45, 2.75) is 37.0 Å². The monoisotopic (exact) mass is 328 g/mol. The maximum Gasteiger partial charge on any atom is 0.344 e. The zero-order chi connectivity index (χ0) is 13.3. The number of aromatic amines is 1. The molecule has 0 fully saturated rings. The van der Waals surface area contributed by atoms with Gasteiger partial charge in [-0.05, 0) is 60.1 Å². The number of hydrogen-bond donors (Lipinski definition) is 1. The van der Waals surface area contributed by atoms with E-state index in [1.54, 1.807) is 10.8 Å². The Balaban J connectivity index is 2.37. The van der Waals surface area contributed by atoms with Gasteiger partial charge in [-0.2, -0.15) is 0 Å². The van der Waals surface area contributed by atoms with Crippen molar-refractivity contribution in [2.75, 3.05) is 0 Å². The van der Waals surface area contributed by atoms with Gasteiger partial charge in [0.25, 0.3) is 0 Å². The Morgan fingerprint density at radius 2 is 2.22 bits per heavy atom. The van der Waals surface area contributed by atoms with Crippen LogP contribution in [0.5, 0.6) is 0 Å². The normalized spacial score (nSPS) is 11.2. The zero-order valence-corrected chi connectivity index (χ0v) is 12.7. The Morgan fingerprint density at radius 3 is 2.83 bits per heavy atom. The Labute approximate surface area is 117 Å². The molecule has 0 unspecified atom stereocenters. The summed E-state index contributed by atoms with van der Waals surface area (Å²) in [6.45, 7) is 5.87. The Kier molecular flexibility index (Phi) is 3.91. The molecule has 7 heteroatoms. The number of aromatic nitrogens is 4. The lowest BCUT2D eigenvalue weighted by molar-refractivity contribution is 0.534. The molecule has 18 heavy (non-hydrogen) atoms. The van der Waals surface area contributed by atoms with Gasteiger partial charge in [0.2, 0.25) is 0 Å². The van der Waals surface area contributed by atoms with E-state index in [-0.39, 0.29) is 11.7 Å². The lowest BCUT2D eigenvalue weighted by atomic mass is 10.3. The molecular formula is C11H13BrN4OS. The fourth-order valence-corrected chi connectivity index (χ4v) is 2.97. The third kappa shape index (κ3) is 2.67. The Morgan fingerprint density at radius 1 is 1.50 bits per heavy atom. The van der Waals surface area contributed by atoms with Crippen molar-refractivity contribution in [3.05, 3.63) is 32.8 Å². The molecule has 0 saturated carbocycles. The molecule has 0 aliphatic rings. The maximum atomic E-state index is 11.6. The van der Waals surface area contributed by atoms with Gasteiger partial charge in [-0.3, -0.25) is 4.57 Å². The minimum absolute atomic E-state index is 0.0644. The average Bonchev–Trinajstić information content (AvgIpc) is 2.64. The molecule has 0 aliphatic heterocycles. The predicted molar refractivity (Wildman–Crippen MR) is 74.0 cm³/mol. The van der Waals surface area contributed by atoms with Crippen LogP contribution < -0.4 is 5.69 Å². The molecule has 5 nitrogen and oxygen atoms in total. The number of halogens is 1. The molecule has 0 aliphatic carbocycles. The third-order valence-corrected chi connectivity index (χ3v) is 3.90. The summed E-state index contributed by atoms with van der Waals surface area (Å²) in [4.78, 5) is 15.9. The van der Waals surface area contributed by atoms with Crippen LogP contribution in [0, 0.1) is 6.92 Å². The van der Waals surface area contributed by atoms with Gasteiger partial charge in [-0.15, -0.1) is 5.10 Å². The molecule has 0 atom stereocenters. The molecule has 2 aromatic rings. The van der Waals surface area contributed by atoms with Crippen molar-refractivity contribution in [1.82, 2.24) is 19.7 Å². The molecule has 0 bridgehead atoms. The second kappa shape index (κ2) is 5.27. The summed E-state index contributed by atoms with van der Waals surface area (Å²) in [5, 5.41) is 7.98. The summed E-state index contributed by atoms with van der Waals surface area (Å²) in [5.74, 6) is 0. The molecule has 0 aromatic carbocycles. The van der Waals surface area contributed by atoms with Crippen LogP contribution in [0.1, 0.15) is 25.5 Å². The third-order valence-electron chi connectivity index (χ3n) is 2.37. The van der Waals surface area contributed by atoms with Crippen molar-refractivity contribution < 1.29 is 0 Å². The van der Waals surface area contributed by atoms with Gasteiger partial charge in [0.1, 0.15) is 5.03 Å². The van der Waals surface area contributed by atoms with Crippen LogP contribution in [0.15, 0.2) is 31.7 Å². The van der Waals surface area contributed by atoms with E-state index in [4.69, 9.17) is 0 Å². The molecule has 2 rings (SSSR count). The topological polar surface area (TPSA) is 63.6 Å². The minimum atomic E-state index is -0.192. The van der Waals surface area contributed by atoms with Crippen molar-refractivity contribution in [2.24, 2.45) is 0 Å². The molecule has 0 saturated heterocycles. The quantitative estimate of drug-likeness (QED) is 0.940. The van der Waals surface area contributed by atoms with Gasteiger partial charge in [0.15, 0.2) is 5.16 Å². The first-order chi connectivity index (χ1) is 8.49. The van der Waals surface area contributed by atoms with Crippen LogP contribution in [-0.2, 0) is 0 Å². The summed E-state index contributed by atoms with van der Waals surface area (Å²) < 4.78 is 2.56. The molecule has 96 valence electrons. The van der Waals surface area contributed by atoms with Crippen molar-refractivity contribution in [3.63, 3.8) is 0 Å². The van der Waals surface area contributed by atoms with Crippen LogP contribution in [0.4, 0.5) is 0 Å². The lowest BCUT2D eigenvalue weighted by Crippen LogP contribution is -2.19. The van der Waals surface area contributed by atoms with Crippen LogP contribution in [0.3, 0.4) is 0 Å². The molecule has 2 heterocycles. The lowest BCUT2D eigenvalue weighted by Gasteiger charge is -2.09. The highest BCUT2D eigenvalue weighted by Crippen LogP contribution is 2.28. The van der Waals surface area contributed by atoms with E-state index in [9.17, 15) is 4.79 Å². The highest BCUT2D eigenvalue weighted by Gasteiger charge is 2.14. The first kappa shape index (κ1) is 13.4. The summed E-state index contributed by atoms with van der Waals surface area (Å²) in [5.41, 5.74) is 0.849. The SMILES string of the molecule is Cc1cc(Br)cnc1Sc1n[nH]c(=O)n1C(C)C. The second-order valence-electron chi connectivity index (χ2n) is 4.15. The number of rotatable bonds is 3. The largest absolute Gasteiger partial charge is 0.344 e. The van der Waals surface area contributed by atoms with E-state index in [1.807, 2.05) is 26.8 Å². The smallest absolute Gasteiger partial charge is 0.267 e. The number of H-pyrrole nitrogens is 1. The first-order valence-corrected chi connectivity index (χ1v) is 7.07. The van der Waals surface area contributed by atoms with Crippen LogP contribution in [0.2, 0.25) is 0 Å². The molecule has 2 aromatic heterocycles. The van der Waals surface area contributed by atoms with E-state index in [0.29, 0.717) is 5.16 Å². The molecule has 0 radical (unpaired) electrons. The number of hydrogen-bond acceptors (Lipinski definition) is 4. The van der Waals surface area contributed by atoms with E-state index in [1.165, 1.54) is 11.8 Å². The summed E-state index contributed by atoms with van der Waals surface area (Å²) >= 11 is 4.76. The van der Waals surface area contributed by atoms with Crippen molar-refractivity contribution in [3.8, 4) is 0 Å². The van der Waals surface area contributed by atoms with E-state index in [2.05, 4.69) is 31.1 Å². The van der Waals surface area contributed by atoms with E-state index in [0.717, 1.165) is 15.1 Å². The standard InChI is InChI=1S/C11H13BrN4OS/c1-6(2)16-10(17)14-15-11(16)18-9-7(3)4-8(12)5-13-9/h4-6H,1-3H3,(H,14,17). The number of aryl methyl sites for hydroxylation is 1. The molecular weight excluding hydrogens is 316 g/mol. The van der Waals surface area contributed by atoms with Crippen molar-refractivity contribution >= 4 is 27.7 Å². The van der Waals surface area contributed by atoms with E-state index >= 15 is 0 Å². The fourth-order valence-electron chi connectivity index (χ4n) is 1.54. The summed E-state index contributed by atoms with van der Waals surface area (Å²) in [6, 6.07) is 2.05. The van der Waals surface area contributed by atoms with Gasteiger partial charge >= 0.3 is 5.69 Å². The maximum absolute atomic E-state index is 11.6. The Hall–Kier alpha value is -1.08.